The first-order valence-corrected chi connectivity index (χ1v) is 5.72. The average molecular weight is 253 g/mol. The van der Waals surface area contributed by atoms with Gasteiger partial charge in [-0.1, -0.05) is 12.1 Å². The highest BCUT2D eigenvalue weighted by Crippen LogP contribution is 2.22. The summed E-state index contributed by atoms with van der Waals surface area (Å²) in [6.07, 6.45) is 3.58. The molecule has 0 aliphatic rings. The van der Waals surface area contributed by atoms with Gasteiger partial charge in [-0.25, -0.2) is 9.78 Å². The Labute approximate surface area is 108 Å². The number of carbonyl (C=O) groups is 1. The second-order valence-corrected chi connectivity index (χ2v) is 4.18. The molecule has 0 aliphatic heterocycles. The van der Waals surface area contributed by atoms with Crippen molar-refractivity contribution in [2.45, 2.75) is 0 Å². The molecule has 0 bridgehead atoms. The molecular formula is C14H11N3O2. The Bertz CT molecular complexity index is 760. The zero-order valence-electron chi connectivity index (χ0n) is 9.95. The molecule has 0 saturated heterocycles. The van der Waals surface area contributed by atoms with E-state index in [0.29, 0.717) is 5.69 Å². The van der Waals surface area contributed by atoms with Crippen molar-refractivity contribution in [3.05, 3.63) is 54.4 Å². The van der Waals surface area contributed by atoms with Crippen molar-refractivity contribution < 1.29 is 9.90 Å². The highest BCUT2D eigenvalue weighted by Gasteiger charge is 2.09. The normalized spacial score (nSPS) is 10.7. The molecule has 0 fully saturated rings. The SMILES string of the molecule is Nc1cccn2c(-c3ccc(C(=O)O)cc3)ncc12. The van der Waals surface area contributed by atoms with Gasteiger partial charge < -0.3 is 10.8 Å². The fourth-order valence-corrected chi connectivity index (χ4v) is 2.02. The molecule has 19 heavy (non-hydrogen) atoms. The van der Waals surface area contributed by atoms with Crippen LogP contribution in [0.5, 0.6) is 0 Å². The second kappa shape index (κ2) is 4.13. The Morgan fingerprint density at radius 2 is 1.95 bits per heavy atom. The Morgan fingerprint density at radius 1 is 1.21 bits per heavy atom. The summed E-state index contributed by atoms with van der Waals surface area (Å²) in [4.78, 5) is 15.2. The Balaban J connectivity index is 2.14. The Kier molecular flexibility index (Phi) is 2.45. The van der Waals surface area contributed by atoms with E-state index in [4.69, 9.17) is 10.8 Å². The highest BCUT2D eigenvalue weighted by molar-refractivity contribution is 5.88. The molecule has 0 spiro atoms. The number of hydrogen-bond donors (Lipinski definition) is 2. The molecule has 0 unspecified atom stereocenters. The van der Waals surface area contributed by atoms with Crippen LogP contribution >= 0.6 is 0 Å². The van der Waals surface area contributed by atoms with E-state index in [1.807, 2.05) is 22.7 Å². The van der Waals surface area contributed by atoms with Gasteiger partial charge in [0.2, 0.25) is 0 Å². The van der Waals surface area contributed by atoms with Crippen LogP contribution in [-0.2, 0) is 0 Å². The van der Waals surface area contributed by atoms with Gasteiger partial charge in [0.05, 0.1) is 23.0 Å². The van der Waals surface area contributed by atoms with Crippen molar-refractivity contribution in [2.75, 3.05) is 5.73 Å². The van der Waals surface area contributed by atoms with Gasteiger partial charge in [-0.05, 0) is 24.3 Å². The molecule has 3 rings (SSSR count). The van der Waals surface area contributed by atoms with Crippen LogP contribution in [0.1, 0.15) is 10.4 Å². The minimum absolute atomic E-state index is 0.254. The van der Waals surface area contributed by atoms with Gasteiger partial charge in [0.25, 0.3) is 0 Å². The number of hydrogen-bond acceptors (Lipinski definition) is 3. The third kappa shape index (κ3) is 1.81. The lowest BCUT2D eigenvalue weighted by molar-refractivity contribution is 0.0697. The molecule has 0 amide bonds. The standard InChI is InChI=1S/C14H11N3O2/c15-11-2-1-7-17-12(11)8-16-13(17)9-3-5-10(6-4-9)14(18)19/h1-8H,15H2,(H,18,19). The van der Waals surface area contributed by atoms with Crippen LogP contribution in [0.15, 0.2) is 48.8 Å². The first-order chi connectivity index (χ1) is 9.16. The largest absolute Gasteiger partial charge is 0.478 e. The van der Waals surface area contributed by atoms with Gasteiger partial charge >= 0.3 is 5.97 Å². The van der Waals surface area contributed by atoms with E-state index >= 15 is 0 Å². The van der Waals surface area contributed by atoms with E-state index in [1.54, 1.807) is 30.5 Å². The van der Waals surface area contributed by atoms with Crippen LogP contribution in [0.25, 0.3) is 16.9 Å². The van der Waals surface area contributed by atoms with Crippen molar-refractivity contribution in [1.29, 1.82) is 0 Å². The fraction of sp³-hybridized carbons (Fsp3) is 0. The van der Waals surface area contributed by atoms with Gasteiger partial charge in [-0.2, -0.15) is 0 Å². The molecule has 5 nitrogen and oxygen atoms in total. The van der Waals surface area contributed by atoms with E-state index in [0.717, 1.165) is 16.9 Å². The van der Waals surface area contributed by atoms with Crippen LogP contribution < -0.4 is 5.73 Å². The van der Waals surface area contributed by atoms with Crippen molar-refractivity contribution in [3.63, 3.8) is 0 Å². The number of nitrogens with zero attached hydrogens (tertiary/aromatic N) is 2. The van der Waals surface area contributed by atoms with Gasteiger partial charge in [0.15, 0.2) is 0 Å². The average Bonchev–Trinajstić information content (AvgIpc) is 2.84. The van der Waals surface area contributed by atoms with Gasteiger partial charge in [-0.3, -0.25) is 4.40 Å². The number of imidazole rings is 1. The number of nitrogens with two attached hydrogens (primary N) is 1. The molecule has 0 radical (unpaired) electrons. The van der Waals surface area contributed by atoms with Crippen LogP contribution in [0.3, 0.4) is 0 Å². The van der Waals surface area contributed by atoms with Crippen LogP contribution in [0.2, 0.25) is 0 Å². The predicted molar refractivity (Wildman–Crippen MR) is 72.0 cm³/mol. The number of pyridine rings is 1. The third-order valence-corrected chi connectivity index (χ3v) is 2.99. The molecule has 2 aromatic heterocycles. The molecular weight excluding hydrogens is 242 g/mol. The lowest BCUT2D eigenvalue weighted by Gasteiger charge is -2.03. The number of rotatable bonds is 2. The van der Waals surface area contributed by atoms with E-state index in [-0.39, 0.29) is 5.56 Å². The van der Waals surface area contributed by atoms with E-state index < -0.39 is 5.97 Å². The topological polar surface area (TPSA) is 80.6 Å². The summed E-state index contributed by atoms with van der Waals surface area (Å²) < 4.78 is 1.88. The number of benzene rings is 1. The quantitative estimate of drug-likeness (QED) is 0.734. The number of nitrogen functional groups attached to an aromatic ring is 1. The molecule has 0 saturated carbocycles. The summed E-state index contributed by atoms with van der Waals surface area (Å²) in [5.41, 5.74) is 8.46. The van der Waals surface area contributed by atoms with Crippen molar-refractivity contribution >= 4 is 17.2 Å². The van der Waals surface area contributed by atoms with Crippen LogP contribution in [0, 0.1) is 0 Å². The Morgan fingerprint density at radius 3 is 2.63 bits per heavy atom. The number of carboxylic acids is 1. The molecule has 3 N–H and O–H groups in total. The summed E-state index contributed by atoms with van der Waals surface area (Å²) >= 11 is 0. The number of anilines is 1. The highest BCUT2D eigenvalue weighted by atomic mass is 16.4. The zero-order valence-corrected chi connectivity index (χ0v) is 9.95. The lowest BCUT2D eigenvalue weighted by Crippen LogP contribution is -1.96. The second-order valence-electron chi connectivity index (χ2n) is 4.18. The van der Waals surface area contributed by atoms with Crippen molar-refractivity contribution in [1.82, 2.24) is 9.38 Å². The van der Waals surface area contributed by atoms with E-state index in [1.165, 1.54) is 0 Å². The smallest absolute Gasteiger partial charge is 0.335 e. The van der Waals surface area contributed by atoms with Crippen LogP contribution in [0.4, 0.5) is 5.69 Å². The molecule has 94 valence electrons. The number of carboxylic acid groups (broad SMARTS) is 1. The maximum atomic E-state index is 10.8. The number of fused-ring (bicyclic) bond motifs is 1. The summed E-state index contributed by atoms with van der Waals surface area (Å²) in [6.45, 7) is 0. The van der Waals surface area contributed by atoms with Gasteiger partial charge in [0, 0.05) is 11.8 Å². The Hall–Kier alpha value is -2.82. The summed E-state index contributed by atoms with van der Waals surface area (Å²) in [7, 11) is 0. The van der Waals surface area contributed by atoms with E-state index in [9.17, 15) is 4.79 Å². The number of aromatic nitrogens is 2. The maximum absolute atomic E-state index is 10.8. The van der Waals surface area contributed by atoms with Gasteiger partial charge in [0.1, 0.15) is 5.82 Å². The molecule has 1 aromatic carbocycles. The first-order valence-electron chi connectivity index (χ1n) is 5.72. The predicted octanol–water partition coefficient (Wildman–Crippen LogP) is 2.28. The van der Waals surface area contributed by atoms with Crippen molar-refractivity contribution in [3.8, 4) is 11.4 Å². The molecule has 5 heteroatoms. The first kappa shape index (κ1) is 11.3. The summed E-state index contributed by atoms with van der Waals surface area (Å²) in [5, 5.41) is 8.88. The summed E-state index contributed by atoms with van der Waals surface area (Å²) in [6, 6.07) is 10.3. The summed E-state index contributed by atoms with van der Waals surface area (Å²) in [5.74, 6) is -0.206. The monoisotopic (exact) mass is 253 g/mol. The molecule has 0 atom stereocenters. The van der Waals surface area contributed by atoms with E-state index in [2.05, 4.69) is 4.98 Å². The van der Waals surface area contributed by atoms with Crippen molar-refractivity contribution in [2.24, 2.45) is 0 Å². The molecule has 3 aromatic rings. The molecule has 2 heterocycles. The minimum atomic E-state index is -0.941. The number of aromatic carboxylic acids is 1. The lowest BCUT2D eigenvalue weighted by atomic mass is 10.1. The maximum Gasteiger partial charge on any atom is 0.335 e. The van der Waals surface area contributed by atoms with Crippen LogP contribution in [-0.4, -0.2) is 20.5 Å². The fourth-order valence-electron chi connectivity index (χ4n) is 2.02. The minimum Gasteiger partial charge on any atom is -0.478 e. The van der Waals surface area contributed by atoms with Gasteiger partial charge in [-0.15, -0.1) is 0 Å². The third-order valence-electron chi connectivity index (χ3n) is 2.99. The molecule has 0 aliphatic carbocycles. The zero-order chi connectivity index (χ0) is 13.4.